The molecule has 5 nitrogen and oxygen atoms in total. The predicted molar refractivity (Wildman–Crippen MR) is 120 cm³/mol. The monoisotopic (exact) mass is 471 g/mol. The minimum Gasteiger partial charge on any atom is -0.462 e. The molecule has 4 aromatic rings. The summed E-state index contributed by atoms with van der Waals surface area (Å²) >= 11 is 1.41. The fourth-order valence-corrected chi connectivity index (χ4v) is 4.27. The van der Waals surface area contributed by atoms with Crippen molar-refractivity contribution in [1.82, 2.24) is 14.5 Å². The zero-order valence-electron chi connectivity index (χ0n) is 17.7. The molecule has 0 fully saturated rings. The lowest BCUT2D eigenvalue weighted by Gasteiger charge is -2.10. The van der Waals surface area contributed by atoms with Crippen LogP contribution in [-0.2, 0) is 23.2 Å². The van der Waals surface area contributed by atoms with Crippen molar-refractivity contribution in [2.75, 3.05) is 6.61 Å². The van der Waals surface area contributed by atoms with Crippen molar-refractivity contribution in [3.8, 4) is 0 Å². The zero-order chi connectivity index (χ0) is 23.4. The Morgan fingerprint density at radius 1 is 1.09 bits per heavy atom. The normalized spacial score (nSPS) is 11.6. The van der Waals surface area contributed by atoms with E-state index in [2.05, 4.69) is 4.98 Å². The fraction of sp³-hybridized carbons (Fsp3) is 0.208. The van der Waals surface area contributed by atoms with Gasteiger partial charge in [-0.05, 0) is 55.0 Å². The predicted octanol–water partition coefficient (Wildman–Crippen LogP) is 5.97. The Bertz CT molecular complexity index is 1260. The summed E-state index contributed by atoms with van der Waals surface area (Å²) in [6.45, 7) is 2.48. The maximum Gasteiger partial charge on any atom is 0.416 e. The van der Waals surface area contributed by atoms with Crippen LogP contribution in [0.1, 0.15) is 34.1 Å². The van der Waals surface area contributed by atoms with Crippen LogP contribution >= 0.6 is 11.8 Å². The quantitative estimate of drug-likeness (QED) is 0.246. The number of rotatable bonds is 7. The minimum absolute atomic E-state index is 0.277. The zero-order valence-corrected chi connectivity index (χ0v) is 18.5. The average molecular weight is 472 g/mol. The van der Waals surface area contributed by atoms with Gasteiger partial charge in [0.05, 0.1) is 41.0 Å². The van der Waals surface area contributed by atoms with Gasteiger partial charge in [0.2, 0.25) is 0 Å². The van der Waals surface area contributed by atoms with Crippen LogP contribution < -0.4 is 0 Å². The molecule has 33 heavy (non-hydrogen) atoms. The summed E-state index contributed by atoms with van der Waals surface area (Å²) in [5.41, 5.74) is 2.77. The number of halogens is 3. The van der Waals surface area contributed by atoms with Gasteiger partial charge in [-0.1, -0.05) is 30.0 Å². The average Bonchev–Trinajstić information content (AvgIpc) is 3.14. The van der Waals surface area contributed by atoms with E-state index in [1.165, 1.54) is 23.9 Å². The van der Waals surface area contributed by atoms with Gasteiger partial charge in [0, 0.05) is 11.9 Å². The third kappa shape index (κ3) is 5.36. The number of pyridine rings is 1. The molecule has 0 saturated carbocycles. The van der Waals surface area contributed by atoms with Crippen molar-refractivity contribution >= 4 is 28.8 Å². The van der Waals surface area contributed by atoms with Gasteiger partial charge in [0.25, 0.3) is 0 Å². The number of thioether (sulfide) groups is 1. The third-order valence-electron chi connectivity index (χ3n) is 4.92. The van der Waals surface area contributed by atoms with Crippen LogP contribution in [0.15, 0.2) is 72.0 Å². The van der Waals surface area contributed by atoms with E-state index < -0.39 is 17.7 Å². The van der Waals surface area contributed by atoms with Gasteiger partial charge in [-0.2, -0.15) is 13.2 Å². The Morgan fingerprint density at radius 2 is 1.88 bits per heavy atom. The van der Waals surface area contributed by atoms with E-state index in [0.717, 1.165) is 28.9 Å². The molecule has 4 rings (SSSR count). The summed E-state index contributed by atoms with van der Waals surface area (Å²) in [6, 6.07) is 15.9. The maximum absolute atomic E-state index is 12.8. The molecule has 0 spiro atoms. The van der Waals surface area contributed by atoms with Crippen LogP contribution in [0.5, 0.6) is 0 Å². The third-order valence-corrected chi connectivity index (χ3v) is 5.97. The van der Waals surface area contributed by atoms with Crippen LogP contribution in [0.3, 0.4) is 0 Å². The number of imidazole rings is 1. The highest BCUT2D eigenvalue weighted by Crippen LogP contribution is 2.31. The number of aromatic nitrogens is 3. The summed E-state index contributed by atoms with van der Waals surface area (Å²) in [7, 11) is 0. The number of hydrogen-bond donors (Lipinski definition) is 0. The summed E-state index contributed by atoms with van der Waals surface area (Å²) in [5.74, 6) is 0.0200. The molecule has 2 aromatic carbocycles. The van der Waals surface area contributed by atoms with E-state index in [-0.39, 0.29) is 6.61 Å². The number of carbonyl (C=O) groups excluding carboxylic acids is 1. The first-order valence-corrected chi connectivity index (χ1v) is 11.2. The molecule has 0 unspecified atom stereocenters. The molecule has 0 aliphatic rings. The molecule has 0 aliphatic heterocycles. The van der Waals surface area contributed by atoms with Crippen LogP contribution in [0.4, 0.5) is 13.2 Å². The van der Waals surface area contributed by atoms with Gasteiger partial charge in [-0.25, -0.2) is 9.78 Å². The van der Waals surface area contributed by atoms with E-state index in [0.29, 0.717) is 28.5 Å². The molecule has 0 N–H and O–H groups in total. The van der Waals surface area contributed by atoms with Gasteiger partial charge in [-0.15, -0.1) is 0 Å². The maximum atomic E-state index is 12.8. The van der Waals surface area contributed by atoms with Gasteiger partial charge >= 0.3 is 12.1 Å². The van der Waals surface area contributed by atoms with Crippen molar-refractivity contribution in [3.05, 3.63) is 89.2 Å². The first-order chi connectivity index (χ1) is 15.8. The molecular weight excluding hydrogens is 451 g/mol. The Labute approximate surface area is 192 Å². The molecule has 9 heteroatoms. The van der Waals surface area contributed by atoms with Gasteiger partial charge in [0.15, 0.2) is 5.16 Å². The number of fused-ring (bicyclic) bond motifs is 1. The lowest BCUT2D eigenvalue weighted by molar-refractivity contribution is -0.137. The SMILES string of the molecule is CCOC(=O)c1ccc2c(c1)nc(SCc1ccc(C(F)(F)F)cc1)n2Cc1ccccn1. The van der Waals surface area contributed by atoms with Crippen LogP contribution in [0.25, 0.3) is 11.0 Å². The van der Waals surface area contributed by atoms with Crippen molar-refractivity contribution in [2.24, 2.45) is 0 Å². The highest BCUT2D eigenvalue weighted by Gasteiger charge is 2.29. The van der Waals surface area contributed by atoms with Gasteiger partial charge in [0.1, 0.15) is 0 Å². The van der Waals surface area contributed by atoms with E-state index in [1.54, 1.807) is 25.3 Å². The van der Waals surface area contributed by atoms with Gasteiger partial charge < -0.3 is 9.30 Å². The topological polar surface area (TPSA) is 57.0 Å². The summed E-state index contributed by atoms with van der Waals surface area (Å²) in [5, 5.41) is 0.677. The van der Waals surface area contributed by atoms with E-state index in [1.807, 2.05) is 28.8 Å². The Hall–Kier alpha value is -3.33. The second-order valence-corrected chi connectivity index (χ2v) is 8.15. The van der Waals surface area contributed by atoms with E-state index in [4.69, 9.17) is 9.72 Å². The van der Waals surface area contributed by atoms with Crippen molar-refractivity contribution in [1.29, 1.82) is 0 Å². The molecule has 0 radical (unpaired) electrons. The number of carbonyl (C=O) groups is 1. The highest BCUT2D eigenvalue weighted by molar-refractivity contribution is 7.98. The molecule has 0 atom stereocenters. The molecule has 0 aliphatic carbocycles. The minimum atomic E-state index is -4.36. The first kappa shape index (κ1) is 22.8. The standard InChI is InChI=1S/C24H20F3N3O2S/c1-2-32-22(31)17-8-11-21-20(13-17)29-23(30(21)14-19-5-3-4-12-28-19)33-15-16-6-9-18(10-7-16)24(25,26)27/h3-13H,2,14-15H2,1H3. The van der Waals surface area contributed by atoms with Crippen molar-refractivity contribution in [2.45, 2.75) is 30.6 Å². The highest BCUT2D eigenvalue weighted by atomic mass is 32.2. The summed E-state index contributed by atoms with van der Waals surface area (Å²) in [6.07, 6.45) is -2.65. The Balaban J connectivity index is 1.64. The van der Waals surface area contributed by atoms with Crippen LogP contribution in [-0.4, -0.2) is 27.1 Å². The number of benzene rings is 2. The largest absolute Gasteiger partial charge is 0.462 e. The lowest BCUT2D eigenvalue weighted by Crippen LogP contribution is -2.05. The van der Waals surface area contributed by atoms with Crippen molar-refractivity contribution in [3.63, 3.8) is 0 Å². The van der Waals surface area contributed by atoms with E-state index >= 15 is 0 Å². The fourth-order valence-electron chi connectivity index (χ4n) is 3.30. The number of esters is 1. The molecule has 2 heterocycles. The lowest BCUT2D eigenvalue weighted by atomic mass is 10.1. The number of hydrogen-bond acceptors (Lipinski definition) is 5. The molecule has 0 saturated heterocycles. The molecular formula is C24H20F3N3O2S. The molecule has 2 aromatic heterocycles. The van der Waals surface area contributed by atoms with Gasteiger partial charge in [-0.3, -0.25) is 4.98 Å². The Kier molecular flexibility index (Phi) is 6.69. The summed E-state index contributed by atoms with van der Waals surface area (Å²) in [4.78, 5) is 21.2. The second kappa shape index (κ2) is 9.66. The summed E-state index contributed by atoms with van der Waals surface area (Å²) < 4.78 is 45.6. The number of ether oxygens (including phenoxy) is 1. The number of nitrogens with zero attached hydrogens (tertiary/aromatic N) is 3. The first-order valence-electron chi connectivity index (χ1n) is 10.2. The smallest absolute Gasteiger partial charge is 0.416 e. The molecule has 170 valence electrons. The second-order valence-electron chi connectivity index (χ2n) is 7.21. The molecule has 0 bridgehead atoms. The number of alkyl halides is 3. The van der Waals surface area contributed by atoms with Crippen LogP contribution in [0.2, 0.25) is 0 Å². The van der Waals surface area contributed by atoms with E-state index in [9.17, 15) is 18.0 Å². The Morgan fingerprint density at radius 3 is 2.55 bits per heavy atom. The van der Waals surface area contributed by atoms with Crippen LogP contribution in [0, 0.1) is 0 Å². The van der Waals surface area contributed by atoms with Crippen molar-refractivity contribution < 1.29 is 22.7 Å². The molecule has 0 amide bonds.